The smallest absolute Gasteiger partial charge is 0.148 e. The SMILES string of the molecule is Nc1cnc(CNO)c(F)c1. The second-order valence-electron chi connectivity index (χ2n) is 2.03. The maximum Gasteiger partial charge on any atom is 0.148 e. The van der Waals surface area contributed by atoms with E-state index in [1.807, 2.05) is 0 Å². The number of anilines is 1. The Morgan fingerprint density at radius 3 is 3.00 bits per heavy atom. The molecule has 5 heteroatoms. The van der Waals surface area contributed by atoms with Crippen molar-refractivity contribution in [1.82, 2.24) is 10.5 Å². The van der Waals surface area contributed by atoms with Gasteiger partial charge in [0.15, 0.2) is 0 Å². The molecule has 0 radical (unpaired) electrons. The van der Waals surface area contributed by atoms with Crippen molar-refractivity contribution < 1.29 is 9.60 Å². The van der Waals surface area contributed by atoms with E-state index in [-0.39, 0.29) is 17.9 Å². The van der Waals surface area contributed by atoms with E-state index in [0.29, 0.717) is 0 Å². The summed E-state index contributed by atoms with van der Waals surface area (Å²) in [5.41, 5.74) is 7.45. The molecule has 0 atom stereocenters. The van der Waals surface area contributed by atoms with E-state index < -0.39 is 5.82 Å². The van der Waals surface area contributed by atoms with Gasteiger partial charge in [-0.25, -0.2) is 4.39 Å². The van der Waals surface area contributed by atoms with E-state index >= 15 is 0 Å². The van der Waals surface area contributed by atoms with Crippen molar-refractivity contribution in [3.8, 4) is 0 Å². The number of hydrogen-bond donors (Lipinski definition) is 3. The van der Waals surface area contributed by atoms with Crippen molar-refractivity contribution in [3.05, 3.63) is 23.8 Å². The molecule has 1 aromatic heterocycles. The standard InChI is InChI=1S/C6H8FN3O/c7-5-1-4(8)2-9-6(5)3-10-11/h1-2,10-11H,3,8H2. The molecule has 0 aliphatic carbocycles. The van der Waals surface area contributed by atoms with Gasteiger partial charge in [0.05, 0.1) is 24.1 Å². The van der Waals surface area contributed by atoms with Gasteiger partial charge >= 0.3 is 0 Å². The Kier molecular flexibility index (Phi) is 2.35. The van der Waals surface area contributed by atoms with E-state index in [1.165, 1.54) is 6.20 Å². The van der Waals surface area contributed by atoms with Crippen LogP contribution < -0.4 is 11.2 Å². The van der Waals surface area contributed by atoms with E-state index in [9.17, 15) is 4.39 Å². The molecule has 0 aromatic carbocycles. The van der Waals surface area contributed by atoms with Crippen molar-refractivity contribution >= 4 is 5.69 Å². The lowest BCUT2D eigenvalue weighted by atomic mass is 10.3. The third-order valence-electron chi connectivity index (χ3n) is 1.19. The van der Waals surface area contributed by atoms with Crippen LogP contribution >= 0.6 is 0 Å². The Morgan fingerprint density at radius 2 is 2.45 bits per heavy atom. The van der Waals surface area contributed by atoms with Crippen molar-refractivity contribution in [2.45, 2.75) is 6.54 Å². The Bertz CT molecular complexity index is 254. The van der Waals surface area contributed by atoms with Crippen LogP contribution in [0.15, 0.2) is 12.3 Å². The first-order valence-corrected chi connectivity index (χ1v) is 3.01. The quantitative estimate of drug-likeness (QED) is 0.539. The minimum absolute atomic E-state index is 0.0217. The molecule has 4 nitrogen and oxygen atoms in total. The Balaban J connectivity index is 2.90. The van der Waals surface area contributed by atoms with Crippen LogP contribution in [0.1, 0.15) is 5.69 Å². The topological polar surface area (TPSA) is 71.2 Å². The molecule has 0 fully saturated rings. The van der Waals surface area contributed by atoms with E-state index in [0.717, 1.165) is 6.07 Å². The molecule has 0 bridgehead atoms. The molecule has 4 N–H and O–H groups in total. The first-order valence-electron chi connectivity index (χ1n) is 3.01. The van der Waals surface area contributed by atoms with Gasteiger partial charge in [-0.15, -0.1) is 0 Å². The highest BCUT2D eigenvalue weighted by atomic mass is 19.1. The molecule has 1 heterocycles. The van der Waals surface area contributed by atoms with Crippen LogP contribution in [0.2, 0.25) is 0 Å². The average molecular weight is 157 g/mol. The molecule has 0 saturated carbocycles. The minimum atomic E-state index is -0.522. The number of hydrogen-bond acceptors (Lipinski definition) is 4. The fraction of sp³-hybridized carbons (Fsp3) is 0.167. The molecule has 0 amide bonds. The monoisotopic (exact) mass is 157 g/mol. The molecule has 1 rings (SSSR count). The predicted molar refractivity (Wildman–Crippen MR) is 37.2 cm³/mol. The van der Waals surface area contributed by atoms with Gasteiger partial charge in [0.1, 0.15) is 5.82 Å². The van der Waals surface area contributed by atoms with Crippen LogP contribution in [-0.2, 0) is 6.54 Å². The summed E-state index contributed by atoms with van der Waals surface area (Å²) in [6.45, 7) is -0.0217. The zero-order valence-corrected chi connectivity index (χ0v) is 5.71. The second-order valence-corrected chi connectivity index (χ2v) is 2.03. The van der Waals surface area contributed by atoms with Gasteiger partial charge in [-0.3, -0.25) is 4.98 Å². The Hall–Kier alpha value is -1.20. The van der Waals surface area contributed by atoms with Crippen LogP contribution in [0.4, 0.5) is 10.1 Å². The number of nitrogen functional groups attached to an aromatic ring is 1. The summed E-state index contributed by atoms with van der Waals surface area (Å²) in [4.78, 5) is 3.65. The molecular weight excluding hydrogens is 149 g/mol. The summed E-state index contributed by atoms with van der Waals surface area (Å²) in [5.74, 6) is -0.522. The van der Waals surface area contributed by atoms with Crippen molar-refractivity contribution in [2.24, 2.45) is 0 Å². The van der Waals surface area contributed by atoms with Crippen LogP contribution in [0.3, 0.4) is 0 Å². The summed E-state index contributed by atoms with van der Waals surface area (Å²) >= 11 is 0. The molecule has 1 aromatic rings. The van der Waals surface area contributed by atoms with Gasteiger partial charge in [-0.1, -0.05) is 0 Å². The van der Waals surface area contributed by atoms with Gasteiger partial charge in [0.2, 0.25) is 0 Å². The molecule has 0 unspecified atom stereocenters. The van der Waals surface area contributed by atoms with Crippen LogP contribution in [0, 0.1) is 5.82 Å². The summed E-state index contributed by atoms with van der Waals surface area (Å²) in [5, 5.41) is 8.23. The van der Waals surface area contributed by atoms with E-state index in [2.05, 4.69) is 4.98 Å². The molecule has 60 valence electrons. The van der Waals surface area contributed by atoms with E-state index in [4.69, 9.17) is 10.9 Å². The third kappa shape index (κ3) is 1.86. The number of hydroxylamine groups is 1. The number of halogens is 1. The largest absolute Gasteiger partial charge is 0.397 e. The average Bonchev–Trinajstić information content (AvgIpc) is 1.95. The van der Waals surface area contributed by atoms with Crippen LogP contribution in [-0.4, -0.2) is 10.2 Å². The Labute approximate surface area is 62.8 Å². The van der Waals surface area contributed by atoms with Gasteiger partial charge in [0, 0.05) is 6.07 Å². The van der Waals surface area contributed by atoms with Gasteiger partial charge in [0.25, 0.3) is 0 Å². The molecule has 0 saturated heterocycles. The molecule has 0 aliphatic rings. The summed E-state index contributed by atoms with van der Waals surface area (Å²) in [7, 11) is 0. The first-order chi connectivity index (χ1) is 5.24. The zero-order valence-electron chi connectivity index (χ0n) is 5.71. The van der Waals surface area contributed by atoms with Crippen LogP contribution in [0.5, 0.6) is 0 Å². The fourth-order valence-electron chi connectivity index (χ4n) is 0.686. The molecular formula is C6H8FN3O. The van der Waals surface area contributed by atoms with Crippen LogP contribution in [0.25, 0.3) is 0 Å². The number of nitrogens with zero attached hydrogens (tertiary/aromatic N) is 1. The normalized spacial score (nSPS) is 10.0. The van der Waals surface area contributed by atoms with Gasteiger partial charge in [-0.05, 0) is 0 Å². The maximum atomic E-state index is 12.7. The van der Waals surface area contributed by atoms with E-state index in [1.54, 1.807) is 5.48 Å². The van der Waals surface area contributed by atoms with Crippen molar-refractivity contribution in [3.63, 3.8) is 0 Å². The molecule has 11 heavy (non-hydrogen) atoms. The number of aromatic nitrogens is 1. The fourth-order valence-corrected chi connectivity index (χ4v) is 0.686. The lowest BCUT2D eigenvalue weighted by molar-refractivity contribution is 0.158. The lowest BCUT2D eigenvalue weighted by Crippen LogP contribution is -2.10. The highest BCUT2D eigenvalue weighted by Gasteiger charge is 2.01. The minimum Gasteiger partial charge on any atom is -0.397 e. The van der Waals surface area contributed by atoms with Gasteiger partial charge < -0.3 is 10.9 Å². The summed E-state index contributed by atoms with van der Waals surface area (Å²) < 4.78 is 12.7. The number of rotatable bonds is 2. The maximum absolute atomic E-state index is 12.7. The van der Waals surface area contributed by atoms with Crippen molar-refractivity contribution in [2.75, 3.05) is 5.73 Å². The summed E-state index contributed by atoms with van der Waals surface area (Å²) in [6.07, 6.45) is 1.33. The number of nitrogens with two attached hydrogens (primary N) is 1. The van der Waals surface area contributed by atoms with Gasteiger partial charge in [-0.2, -0.15) is 5.48 Å². The second kappa shape index (κ2) is 3.27. The number of nitrogens with one attached hydrogen (secondary N) is 1. The number of pyridine rings is 1. The predicted octanol–water partition coefficient (Wildman–Crippen LogP) is 0.282. The molecule has 0 aliphatic heterocycles. The zero-order chi connectivity index (χ0) is 8.27. The Morgan fingerprint density at radius 1 is 1.73 bits per heavy atom. The third-order valence-corrected chi connectivity index (χ3v) is 1.19. The highest BCUT2D eigenvalue weighted by Crippen LogP contribution is 2.07. The van der Waals surface area contributed by atoms with Crippen molar-refractivity contribution in [1.29, 1.82) is 0 Å². The molecule has 0 spiro atoms. The highest BCUT2D eigenvalue weighted by molar-refractivity contribution is 5.35. The first kappa shape index (κ1) is 7.90. The lowest BCUT2D eigenvalue weighted by Gasteiger charge is -2.00. The summed E-state index contributed by atoms with van der Waals surface area (Å²) in [6, 6.07) is 1.15.